The van der Waals surface area contributed by atoms with E-state index < -0.39 is 9.71 Å². The number of hydrogen-bond donors (Lipinski definition) is 2. The van der Waals surface area contributed by atoms with Crippen molar-refractivity contribution >= 4 is 28.5 Å². The number of carbonyl (C=O) groups is 1. The van der Waals surface area contributed by atoms with Gasteiger partial charge in [-0.2, -0.15) is 0 Å². The van der Waals surface area contributed by atoms with Crippen LogP contribution in [-0.2, 0) is 9.53 Å². The van der Waals surface area contributed by atoms with Crippen molar-refractivity contribution in [3.63, 3.8) is 0 Å². The molecule has 2 N–H and O–H groups in total. The summed E-state index contributed by atoms with van der Waals surface area (Å²) in [6.45, 7) is 0.616. The maximum Gasteiger partial charge on any atom is 0.227 e. The largest absolute Gasteiger partial charge is 0.390 e. The van der Waals surface area contributed by atoms with Crippen molar-refractivity contribution in [2.45, 2.75) is 41.4 Å². The molecule has 18 heavy (non-hydrogen) atoms. The fraction of sp³-hybridized carbons (Fsp3) is 0.769. The number of nitrogens with one attached hydrogen (secondary N) is 1. The lowest BCUT2D eigenvalue weighted by Gasteiger charge is -2.34. The molecule has 2 aliphatic heterocycles. The summed E-state index contributed by atoms with van der Waals surface area (Å²) >= 11 is 2.22. The first-order valence-electron chi connectivity index (χ1n) is 6.61. The molecule has 1 aliphatic carbocycles. The first-order valence-corrected chi connectivity index (χ1v) is 7.69. The number of carbonyl (C=O) groups excluding carboxylic acids is 1. The lowest BCUT2D eigenvalue weighted by molar-refractivity contribution is -0.122. The second-order valence-electron chi connectivity index (χ2n) is 5.39. The minimum absolute atomic E-state index is 0.0331. The normalized spacial score (nSPS) is 44.8. The molecule has 3 aliphatic rings. The van der Waals surface area contributed by atoms with Gasteiger partial charge in [0.05, 0.1) is 18.1 Å². The molecule has 0 aromatic carbocycles. The summed E-state index contributed by atoms with van der Waals surface area (Å²) in [6.07, 6.45) is 7.61. The molecule has 2 saturated heterocycles. The van der Waals surface area contributed by atoms with Gasteiger partial charge >= 0.3 is 0 Å². The van der Waals surface area contributed by atoms with E-state index in [1.165, 1.54) is 0 Å². The van der Waals surface area contributed by atoms with Gasteiger partial charge in [-0.3, -0.25) is 4.79 Å². The Morgan fingerprint density at radius 2 is 2.39 bits per heavy atom. The zero-order chi connectivity index (χ0) is 12.8. The molecule has 3 rings (SSSR count). The van der Waals surface area contributed by atoms with Crippen LogP contribution in [0.25, 0.3) is 0 Å². The Morgan fingerprint density at radius 1 is 1.56 bits per heavy atom. The first kappa shape index (κ1) is 12.9. The van der Waals surface area contributed by atoms with Gasteiger partial charge < -0.3 is 15.2 Å². The Hall–Kier alpha value is -0.140. The summed E-state index contributed by atoms with van der Waals surface area (Å²) in [5.41, 5.74) is 0. The third kappa shape index (κ3) is 1.91. The van der Waals surface area contributed by atoms with Crippen LogP contribution in [0.5, 0.6) is 0 Å². The monoisotopic (exact) mass is 363 g/mol. The van der Waals surface area contributed by atoms with Gasteiger partial charge in [0.1, 0.15) is 0 Å². The number of aliphatic hydroxyl groups excluding tert-OH is 1. The lowest BCUT2D eigenvalue weighted by atomic mass is 9.85. The number of rotatable bonds is 2. The molecule has 5 heteroatoms. The first-order chi connectivity index (χ1) is 8.63. The standard InChI is InChI=1S/C13H18INO3/c14-13-9(6-7-18-13)12(17)15-11(13)10(16)8-4-2-1-3-5-8/h2,4,8-11,16H,1,3,5-7H2,(H,15,17)/t8-,9?,10+,11-,13+/m1/s1. The minimum Gasteiger partial charge on any atom is -0.390 e. The van der Waals surface area contributed by atoms with Crippen molar-refractivity contribution in [1.82, 2.24) is 5.32 Å². The topological polar surface area (TPSA) is 58.6 Å². The molecule has 0 saturated carbocycles. The summed E-state index contributed by atoms with van der Waals surface area (Å²) in [5.74, 6) is 0.0645. The van der Waals surface area contributed by atoms with Crippen LogP contribution in [0.2, 0.25) is 0 Å². The third-order valence-electron chi connectivity index (χ3n) is 4.31. The molecule has 4 nitrogen and oxygen atoms in total. The highest BCUT2D eigenvalue weighted by Crippen LogP contribution is 2.47. The predicted molar refractivity (Wildman–Crippen MR) is 75.2 cm³/mol. The number of amides is 1. The maximum atomic E-state index is 11.9. The zero-order valence-electron chi connectivity index (χ0n) is 10.1. The van der Waals surface area contributed by atoms with Gasteiger partial charge in [-0.1, -0.05) is 12.2 Å². The lowest BCUT2D eigenvalue weighted by Crippen LogP contribution is -2.51. The van der Waals surface area contributed by atoms with Crippen LogP contribution in [0.3, 0.4) is 0 Å². The van der Waals surface area contributed by atoms with E-state index in [-0.39, 0.29) is 23.8 Å². The minimum atomic E-state index is -0.556. The molecule has 2 fully saturated rings. The number of fused-ring (bicyclic) bond motifs is 1. The van der Waals surface area contributed by atoms with E-state index in [2.05, 4.69) is 40.1 Å². The fourth-order valence-electron chi connectivity index (χ4n) is 3.29. The molecule has 1 unspecified atom stereocenters. The van der Waals surface area contributed by atoms with Crippen LogP contribution in [0.1, 0.15) is 25.7 Å². The second kappa shape index (κ2) is 4.76. The van der Waals surface area contributed by atoms with Crippen molar-refractivity contribution < 1.29 is 14.6 Å². The average molecular weight is 363 g/mol. The van der Waals surface area contributed by atoms with Crippen LogP contribution in [0.4, 0.5) is 0 Å². The fourth-order valence-corrected chi connectivity index (χ4v) is 4.63. The van der Waals surface area contributed by atoms with Crippen LogP contribution in [0.15, 0.2) is 12.2 Å². The van der Waals surface area contributed by atoms with Crippen molar-refractivity contribution in [2.75, 3.05) is 6.61 Å². The van der Waals surface area contributed by atoms with E-state index in [9.17, 15) is 9.90 Å². The molecule has 1 amide bonds. The van der Waals surface area contributed by atoms with Crippen molar-refractivity contribution in [3.8, 4) is 0 Å². The Labute approximate surface area is 120 Å². The molecule has 0 aromatic rings. The van der Waals surface area contributed by atoms with Crippen LogP contribution in [0, 0.1) is 11.8 Å². The van der Waals surface area contributed by atoms with E-state index in [1.807, 2.05) is 0 Å². The van der Waals surface area contributed by atoms with Gasteiger partial charge in [0.2, 0.25) is 5.91 Å². The maximum absolute atomic E-state index is 11.9. The van der Waals surface area contributed by atoms with Crippen molar-refractivity contribution in [1.29, 1.82) is 0 Å². The van der Waals surface area contributed by atoms with Gasteiger partial charge in [0.15, 0.2) is 3.61 Å². The molecular formula is C13H18INO3. The van der Waals surface area contributed by atoms with E-state index in [0.29, 0.717) is 6.61 Å². The van der Waals surface area contributed by atoms with E-state index >= 15 is 0 Å². The second-order valence-corrected chi connectivity index (χ2v) is 7.07. The molecule has 100 valence electrons. The molecular weight excluding hydrogens is 345 g/mol. The number of aliphatic hydroxyl groups is 1. The van der Waals surface area contributed by atoms with Gasteiger partial charge in [0, 0.05) is 12.5 Å². The van der Waals surface area contributed by atoms with Crippen LogP contribution >= 0.6 is 22.6 Å². The Morgan fingerprint density at radius 3 is 3.11 bits per heavy atom. The molecule has 0 radical (unpaired) electrons. The van der Waals surface area contributed by atoms with Gasteiger partial charge in [-0.15, -0.1) is 0 Å². The molecule has 0 aromatic heterocycles. The average Bonchev–Trinajstić information content (AvgIpc) is 2.88. The van der Waals surface area contributed by atoms with E-state index in [0.717, 1.165) is 25.7 Å². The SMILES string of the molecule is O=C1N[C@H]([C@@H](O)[C@@H]2C=CCCC2)[C@@]2(I)OCCC12. The summed E-state index contributed by atoms with van der Waals surface area (Å²) in [5, 5.41) is 13.5. The van der Waals surface area contributed by atoms with E-state index in [1.54, 1.807) is 0 Å². The smallest absolute Gasteiger partial charge is 0.227 e. The van der Waals surface area contributed by atoms with E-state index in [4.69, 9.17) is 4.74 Å². The van der Waals surface area contributed by atoms with Crippen LogP contribution in [-0.4, -0.2) is 33.4 Å². The molecule has 0 bridgehead atoms. The molecule has 0 spiro atoms. The summed E-state index contributed by atoms with van der Waals surface area (Å²) in [7, 11) is 0. The molecule has 2 heterocycles. The molecule has 5 atom stereocenters. The number of hydrogen-bond acceptors (Lipinski definition) is 3. The number of allylic oxidation sites excluding steroid dienone is 1. The Bertz CT molecular complexity index is 386. The summed E-state index contributed by atoms with van der Waals surface area (Å²) in [6, 6.07) is -0.286. The quantitative estimate of drug-likeness (QED) is 0.443. The predicted octanol–water partition coefficient (Wildman–Crippen LogP) is 1.37. The van der Waals surface area contributed by atoms with Crippen LogP contribution < -0.4 is 5.32 Å². The number of ether oxygens (including phenoxy) is 1. The van der Waals surface area contributed by atoms with Crippen molar-refractivity contribution in [3.05, 3.63) is 12.2 Å². The van der Waals surface area contributed by atoms with Gasteiger partial charge in [-0.05, 0) is 48.3 Å². The summed E-state index contributed by atoms with van der Waals surface area (Å²) in [4.78, 5) is 11.9. The van der Waals surface area contributed by atoms with Gasteiger partial charge in [-0.25, -0.2) is 0 Å². The highest BCUT2D eigenvalue weighted by atomic mass is 127. The summed E-state index contributed by atoms with van der Waals surface area (Å²) < 4.78 is 5.22. The number of alkyl halides is 1. The highest BCUT2D eigenvalue weighted by Gasteiger charge is 2.60. The Balaban J connectivity index is 1.81. The highest BCUT2D eigenvalue weighted by molar-refractivity contribution is 14.1. The van der Waals surface area contributed by atoms with Crippen molar-refractivity contribution in [2.24, 2.45) is 11.8 Å². The third-order valence-corrected chi connectivity index (χ3v) is 6.05. The zero-order valence-corrected chi connectivity index (χ0v) is 12.3. The number of halogens is 1. The van der Waals surface area contributed by atoms with Gasteiger partial charge in [0.25, 0.3) is 0 Å². The Kier molecular flexibility index (Phi) is 3.40.